The maximum atomic E-state index is 12.3. The number of aromatic nitrogens is 1. The van der Waals surface area contributed by atoms with Crippen LogP contribution in [0.3, 0.4) is 0 Å². The Labute approximate surface area is 115 Å². The lowest BCUT2D eigenvalue weighted by atomic mass is 10.1. The third kappa shape index (κ3) is 2.36. The van der Waals surface area contributed by atoms with Crippen molar-refractivity contribution in [2.24, 2.45) is 0 Å². The van der Waals surface area contributed by atoms with Crippen LogP contribution in [-0.2, 0) is 28.0 Å². The van der Waals surface area contributed by atoms with Gasteiger partial charge in [0.1, 0.15) is 0 Å². The van der Waals surface area contributed by atoms with Gasteiger partial charge in [0.2, 0.25) is 0 Å². The van der Waals surface area contributed by atoms with E-state index in [2.05, 4.69) is 9.10 Å². The highest BCUT2D eigenvalue weighted by Gasteiger charge is 2.19. The number of sulfonamides is 1. The summed E-state index contributed by atoms with van der Waals surface area (Å²) in [7, 11) is -3.57. The molecular formula is C12H12N2O3S2. The van der Waals surface area contributed by atoms with E-state index in [4.69, 9.17) is 4.74 Å². The van der Waals surface area contributed by atoms with Gasteiger partial charge in [0, 0.05) is 5.38 Å². The minimum absolute atomic E-state index is 0.252. The van der Waals surface area contributed by atoms with Gasteiger partial charge in [0.25, 0.3) is 10.0 Å². The second-order valence-electron chi connectivity index (χ2n) is 4.34. The lowest BCUT2D eigenvalue weighted by Gasteiger charge is -2.08. The number of anilines is 1. The summed E-state index contributed by atoms with van der Waals surface area (Å²) in [5.74, 6) is 0. The first-order valence-corrected chi connectivity index (χ1v) is 8.01. The zero-order chi connectivity index (χ0) is 13.5. The summed E-state index contributed by atoms with van der Waals surface area (Å²) in [6.07, 6.45) is 0. The summed E-state index contributed by atoms with van der Waals surface area (Å²) in [5, 5.41) is 1.68. The quantitative estimate of drug-likeness (QED) is 0.943. The van der Waals surface area contributed by atoms with Crippen LogP contribution in [0, 0.1) is 6.92 Å². The van der Waals surface area contributed by atoms with E-state index in [0.717, 1.165) is 11.1 Å². The molecule has 1 aliphatic heterocycles. The van der Waals surface area contributed by atoms with E-state index in [9.17, 15) is 8.42 Å². The molecule has 0 unspecified atom stereocenters. The Bertz CT molecular complexity index is 722. The van der Waals surface area contributed by atoms with Crippen molar-refractivity contribution in [3.8, 4) is 0 Å². The first kappa shape index (κ1) is 12.6. The SMILES string of the molecule is Cc1nscc1NS(=O)(=O)c1ccc2c(c1)COC2. The van der Waals surface area contributed by atoms with E-state index < -0.39 is 10.0 Å². The fourth-order valence-corrected chi connectivity index (χ4v) is 3.79. The minimum Gasteiger partial charge on any atom is -0.372 e. The molecule has 7 heteroatoms. The van der Waals surface area contributed by atoms with Crippen LogP contribution in [-0.4, -0.2) is 12.8 Å². The zero-order valence-electron chi connectivity index (χ0n) is 10.2. The molecule has 2 aromatic rings. The molecule has 0 bridgehead atoms. The highest BCUT2D eigenvalue weighted by atomic mass is 32.2. The molecule has 0 aliphatic carbocycles. The molecule has 0 atom stereocenters. The number of nitrogens with zero attached hydrogens (tertiary/aromatic N) is 1. The molecule has 0 saturated heterocycles. The fraction of sp³-hybridized carbons (Fsp3) is 0.250. The monoisotopic (exact) mass is 296 g/mol. The van der Waals surface area contributed by atoms with E-state index in [0.29, 0.717) is 24.6 Å². The standard InChI is InChI=1S/C12H12N2O3S2/c1-8-12(7-18-13-8)14-19(15,16)11-3-2-9-5-17-6-10(9)4-11/h2-4,7,14H,5-6H2,1H3. The number of rotatable bonds is 3. The van der Waals surface area contributed by atoms with Gasteiger partial charge in [-0.2, -0.15) is 4.37 Å². The second kappa shape index (κ2) is 4.59. The Hall–Kier alpha value is -1.44. The van der Waals surface area contributed by atoms with Crippen molar-refractivity contribution in [1.29, 1.82) is 0 Å². The molecular weight excluding hydrogens is 284 g/mol. The number of aryl methyl sites for hydroxylation is 1. The van der Waals surface area contributed by atoms with Gasteiger partial charge in [-0.15, -0.1) is 0 Å². The highest BCUT2D eigenvalue weighted by molar-refractivity contribution is 7.92. The van der Waals surface area contributed by atoms with E-state index in [-0.39, 0.29) is 4.90 Å². The molecule has 0 radical (unpaired) electrons. The molecule has 1 aromatic heterocycles. The molecule has 5 nitrogen and oxygen atoms in total. The van der Waals surface area contributed by atoms with Crippen molar-refractivity contribution in [3.05, 3.63) is 40.4 Å². The van der Waals surface area contributed by atoms with Gasteiger partial charge in [0.15, 0.2) is 0 Å². The second-order valence-corrected chi connectivity index (χ2v) is 6.65. The molecule has 0 amide bonds. The molecule has 1 aromatic carbocycles. The molecule has 100 valence electrons. The third-order valence-electron chi connectivity index (χ3n) is 3.00. The minimum atomic E-state index is -3.57. The molecule has 1 N–H and O–H groups in total. The van der Waals surface area contributed by atoms with Crippen LogP contribution in [0.2, 0.25) is 0 Å². The van der Waals surface area contributed by atoms with E-state index >= 15 is 0 Å². The van der Waals surface area contributed by atoms with Gasteiger partial charge in [0.05, 0.1) is 29.5 Å². The van der Waals surface area contributed by atoms with Gasteiger partial charge < -0.3 is 4.74 Å². The summed E-state index contributed by atoms with van der Waals surface area (Å²) in [6.45, 7) is 2.79. The van der Waals surface area contributed by atoms with Gasteiger partial charge in [-0.05, 0) is 41.7 Å². The summed E-state index contributed by atoms with van der Waals surface area (Å²) in [4.78, 5) is 0.252. The van der Waals surface area contributed by atoms with Gasteiger partial charge >= 0.3 is 0 Å². The van der Waals surface area contributed by atoms with Crippen molar-refractivity contribution in [3.63, 3.8) is 0 Å². The summed E-state index contributed by atoms with van der Waals surface area (Å²) >= 11 is 1.23. The third-order valence-corrected chi connectivity index (χ3v) is 5.08. The first-order chi connectivity index (χ1) is 9.06. The number of benzene rings is 1. The molecule has 19 heavy (non-hydrogen) atoms. The van der Waals surface area contributed by atoms with Crippen LogP contribution in [0.1, 0.15) is 16.8 Å². The topological polar surface area (TPSA) is 68.3 Å². The maximum absolute atomic E-state index is 12.3. The predicted octanol–water partition coefficient (Wildman–Crippen LogP) is 2.28. The number of fused-ring (bicyclic) bond motifs is 1. The molecule has 0 spiro atoms. The predicted molar refractivity (Wildman–Crippen MR) is 72.6 cm³/mol. The smallest absolute Gasteiger partial charge is 0.261 e. The largest absolute Gasteiger partial charge is 0.372 e. The van der Waals surface area contributed by atoms with Crippen LogP contribution in [0.4, 0.5) is 5.69 Å². The zero-order valence-corrected chi connectivity index (χ0v) is 11.8. The Morgan fingerprint density at radius 2 is 2.11 bits per heavy atom. The lowest BCUT2D eigenvalue weighted by molar-refractivity contribution is 0.134. The average Bonchev–Trinajstić information content (AvgIpc) is 2.97. The first-order valence-electron chi connectivity index (χ1n) is 5.69. The van der Waals surface area contributed by atoms with Crippen molar-refractivity contribution < 1.29 is 13.2 Å². The van der Waals surface area contributed by atoms with Crippen molar-refractivity contribution in [1.82, 2.24) is 4.37 Å². The lowest BCUT2D eigenvalue weighted by Crippen LogP contribution is -2.13. The van der Waals surface area contributed by atoms with Gasteiger partial charge in [-0.1, -0.05) is 6.07 Å². The molecule has 3 rings (SSSR count). The van der Waals surface area contributed by atoms with Crippen LogP contribution >= 0.6 is 11.5 Å². The van der Waals surface area contributed by atoms with E-state index in [1.807, 2.05) is 0 Å². The van der Waals surface area contributed by atoms with Crippen molar-refractivity contribution in [2.75, 3.05) is 4.72 Å². The van der Waals surface area contributed by atoms with Crippen molar-refractivity contribution >= 4 is 27.2 Å². The highest BCUT2D eigenvalue weighted by Crippen LogP contribution is 2.25. The van der Waals surface area contributed by atoms with Crippen LogP contribution in [0.5, 0.6) is 0 Å². The molecule has 1 aliphatic rings. The molecule has 0 saturated carbocycles. The number of hydrogen-bond donors (Lipinski definition) is 1. The Morgan fingerprint density at radius 3 is 2.84 bits per heavy atom. The van der Waals surface area contributed by atoms with Crippen molar-refractivity contribution in [2.45, 2.75) is 25.0 Å². The van der Waals surface area contributed by atoms with E-state index in [1.165, 1.54) is 11.5 Å². The van der Waals surface area contributed by atoms with Crippen LogP contribution in [0.15, 0.2) is 28.5 Å². The number of ether oxygens (including phenoxy) is 1. The molecule has 2 heterocycles. The Morgan fingerprint density at radius 1 is 1.32 bits per heavy atom. The Kier molecular flexibility index (Phi) is 3.04. The van der Waals surface area contributed by atoms with E-state index in [1.54, 1.807) is 30.5 Å². The summed E-state index contributed by atoms with van der Waals surface area (Å²) in [6, 6.07) is 5.07. The summed E-state index contributed by atoms with van der Waals surface area (Å²) in [5.41, 5.74) is 3.19. The fourth-order valence-electron chi connectivity index (χ4n) is 1.91. The van der Waals surface area contributed by atoms with Crippen LogP contribution < -0.4 is 4.72 Å². The summed E-state index contributed by atoms with van der Waals surface area (Å²) < 4.78 is 36.4. The van der Waals surface area contributed by atoms with Gasteiger partial charge in [-0.25, -0.2) is 8.42 Å². The van der Waals surface area contributed by atoms with Gasteiger partial charge in [-0.3, -0.25) is 4.72 Å². The molecule has 0 fully saturated rings. The normalized spacial score (nSPS) is 14.4. The van der Waals surface area contributed by atoms with Crippen LogP contribution in [0.25, 0.3) is 0 Å². The average molecular weight is 296 g/mol. The maximum Gasteiger partial charge on any atom is 0.261 e. The Balaban J connectivity index is 1.94. The number of nitrogens with one attached hydrogen (secondary N) is 1. The number of hydrogen-bond acceptors (Lipinski definition) is 5.